The Kier molecular flexibility index (Phi) is 11.6. The number of amides is 2. The minimum Gasteiger partial charge on any atom is -0.444 e. The second kappa shape index (κ2) is 15.8. The number of aromatic nitrogens is 2. The van der Waals surface area contributed by atoms with Gasteiger partial charge in [0.15, 0.2) is 5.82 Å². The number of alkyl carbamates (subject to hydrolysis) is 1. The van der Waals surface area contributed by atoms with Gasteiger partial charge in [0.1, 0.15) is 5.60 Å². The third-order valence-corrected chi connectivity index (χ3v) is 6.91. The molecule has 230 valence electrons. The molecule has 4 aromatic rings. The maximum absolute atomic E-state index is 13.7. The number of ether oxygens (including phenoxy) is 1. The third kappa shape index (κ3) is 10.3. The number of aryl methyl sites for hydroxylation is 1. The van der Waals surface area contributed by atoms with Crippen LogP contribution in [0.3, 0.4) is 0 Å². The van der Waals surface area contributed by atoms with Crippen LogP contribution >= 0.6 is 0 Å². The van der Waals surface area contributed by atoms with Crippen LogP contribution in [-0.4, -0.2) is 40.2 Å². The van der Waals surface area contributed by atoms with Gasteiger partial charge in [-0.25, -0.2) is 14.8 Å². The van der Waals surface area contributed by atoms with Gasteiger partial charge in [0.05, 0.1) is 17.8 Å². The van der Waals surface area contributed by atoms with E-state index in [1.54, 1.807) is 0 Å². The molecule has 0 saturated carbocycles. The molecular weight excluding hydrogens is 550 g/mol. The van der Waals surface area contributed by atoms with Gasteiger partial charge in [0.25, 0.3) is 0 Å². The molecule has 0 spiro atoms. The van der Waals surface area contributed by atoms with Crippen LogP contribution in [0.5, 0.6) is 0 Å². The Labute approximate surface area is 260 Å². The predicted octanol–water partition coefficient (Wildman–Crippen LogP) is 6.51. The summed E-state index contributed by atoms with van der Waals surface area (Å²) >= 11 is 0. The van der Waals surface area contributed by atoms with Gasteiger partial charge in [-0.1, -0.05) is 91.0 Å². The maximum atomic E-state index is 13.7. The monoisotopic (exact) mass is 593 g/mol. The molecule has 0 saturated heterocycles. The van der Waals surface area contributed by atoms with Crippen LogP contribution in [0.1, 0.15) is 68.7 Å². The van der Waals surface area contributed by atoms with E-state index in [9.17, 15) is 9.59 Å². The lowest BCUT2D eigenvalue weighted by molar-refractivity contribution is -0.123. The van der Waals surface area contributed by atoms with E-state index in [-0.39, 0.29) is 5.91 Å². The molecule has 8 heteroatoms. The van der Waals surface area contributed by atoms with Gasteiger partial charge in [-0.15, -0.1) is 0 Å². The van der Waals surface area contributed by atoms with E-state index in [0.29, 0.717) is 38.2 Å². The van der Waals surface area contributed by atoms with Gasteiger partial charge < -0.3 is 15.4 Å². The first-order chi connectivity index (χ1) is 21.2. The average Bonchev–Trinajstić information content (AvgIpc) is 3.01. The number of hydrogen-bond acceptors (Lipinski definition) is 6. The van der Waals surface area contributed by atoms with Crippen molar-refractivity contribution >= 4 is 12.0 Å². The topological polar surface area (TPSA) is 105 Å². The van der Waals surface area contributed by atoms with Crippen LogP contribution in [0.25, 0.3) is 11.3 Å². The Bertz CT molecular complexity index is 1470. The Morgan fingerprint density at radius 3 is 2.11 bits per heavy atom. The van der Waals surface area contributed by atoms with Crippen molar-refractivity contribution in [1.82, 2.24) is 25.9 Å². The summed E-state index contributed by atoms with van der Waals surface area (Å²) in [5.74, 6) is 0.494. The molecule has 0 bridgehead atoms. The molecular formula is C36H43N5O3. The second-order valence-electron chi connectivity index (χ2n) is 11.8. The second-order valence-corrected chi connectivity index (χ2v) is 11.8. The molecule has 0 aliphatic heterocycles. The van der Waals surface area contributed by atoms with Gasteiger partial charge >= 0.3 is 6.09 Å². The zero-order valence-electron chi connectivity index (χ0n) is 26.0. The van der Waals surface area contributed by atoms with Crippen molar-refractivity contribution in [2.24, 2.45) is 0 Å². The molecule has 2 atom stereocenters. The van der Waals surface area contributed by atoms with E-state index in [0.717, 1.165) is 28.1 Å². The number of carbonyl (C=O) groups excluding carboxylic acids is 2. The number of carbonyl (C=O) groups is 2. The lowest BCUT2D eigenvalue weighted by atomic mass is 10.0. The Hall–Kier alpha value is -4.56. The molecule has 2 amide bonds. The summed E-state index contributed by atoms with van der Waals surface area (Å²) < 4.78 is 5.34. The van der Waals surface area contributed by atoms with Crippen molar-refractivity contribution in [2.75, 3.05) is 6.54 Å². The van der Waals surface area contributed by atoms with Crippen molar-refractivity contribution in [1.29, 1.82) is 0 Å². The van der Waals surface area contributed by atoms with Gasteiger partial charge in [-0.3, -0.25) is 10.1 Å². The van der Waals surface area contributed by atoms with E-state index in [4.69, 9.17) is 14.7 Å². The summed E-state index contributed by atoms with van der Waals surface area (Å²) in [6.07, 6.45) is 1.51. The van der Waals surface area contributed by atoms with Crippen molar-refractivity contribution in [3.8, 4) is 11.3 Å². The number of nitrogens with zero attached hydrogens (tertiary/aromatic N) is 2. The van der Waals surface area contributed by atoms with Crippen LogP contribution in [0.15, 0.2) is 97.1 Å². The van der Waals surface area contributed by atoms with Crippen molar-refractivity contribution in [2.45, 2.75) is 71.2 Å². The fourth-order valence-corrected chi connectivity index (χ4v) is 4.82. The van der Waals surface area contributed by atoms with Crippen LogP contribution in [-0.2, 0) is 16.1 Å². The molecule has 0 fully saturated rings. The number of rotatable bonds is 13. The molecule has 0 radical (unpaired) electrons. The van der Waals surface area contributed by atoms with Crippen molar-refractivity contribution in [3.63, 3.8) is 0 Å². The van der Waals surface area contributed by atoms with Crippen LogP contribution in [0.4, 0.5) is 4.79 Å². The standard InChI is InChI=1S/C36H43N5O3/c1-26-24-31(28-18-10-6-11-19-28)41-33(39-26)32(29-20-12-7-13-21-29)40-30(34(42)38-25-27-16-8-5-9-17-27)22-14-15-23-37-35(43)44-36(2,3)4/h5-13,16-21,24,30,32,40H,14-15,22-23,25H2,1-4H3,(H,37,43)(H,38,42)/t30-,32?/m0/s1. The minimum absolute atomic E-state index is 0.106. The molecule has 3 N–H and O–H groups in total. The molecule has 3 aromatic carbocycles. The Morgan fingerprint density at radius 2 is 1.45 bits per heavy atom. The molecule has 1 heterocycles. The number of hydrogen-bond donors (Lipinski definition) is 3. The molecule has 8 nitrogen and oxygen atoms in total. The highest BCUT2D eigenvalue weighted by Crippen LogP contribution is 2.25. The highest BCUT2D eigenvalue weighted by atomic mass is 16.6. The molecule has 4 rings (SSSR count). The highest BCUT2D eigenvalue weighted by Gasteiger charge is 2.26. The fourth-order valence-electron chi connectivity index (χ4n) is 4.82. The van der Waals surface area contributed by atoms with Gasteiger partial charge in [0.2, 0.25) is 5.91 Å². The van der Waals surface area contributed by atoms with E-state index in [1.165, 1.54) is 0 Å². The molecule has 44 heavy (non-hydrogen) atoms. The van der Waals surface area contributed by atoms with E-state index in [2.05, 4.69) is 16.0 Å². The van der Waals surface area contributed by atoms with E-state index < -0.39 is 23.8 Å². The highest BCUT2D eigenvalue weighted by molar-refractivity contribution is 5.81. The maximum Gasteiger partial charge on any atom is 0.407 e. The SMILES string of the molecule is Cc1cc(-c2ccccc2)nc(C(N[C@@H](CCCCNC(=O)OC(C)(C)C)C(=O)NCc2ccccc2)c2ccccc2)n1. The normalized spacial score (nSPS) is 12.6. The van der Waals surface area contributed by atoms with Gasteiger partial charge in [-0.2, -0.15) is 0 Å². The quantitative estimate of drug-likeness (QED) is 0.153. The molecule has 0 aliphatic rings. The number of nitrogens with one attached hydrogen (secondary N) is 3. The minimum atomic E-state index is -0.555. The summed E-state index contributed by atoms with van der Waals surface area (Å²) in [7, 11) is 0. The number of unbranched alkanes of at least 4 members (excludes halogenated alkanes) is 1. The first-order valence-corrected chi connectivity index (χ1v) is 15.2. The summed E-state index contributed by atoms with van der Waals surface area (Å²) in [5.41, 5.74) is 4.10. The van der Waals surface area contributed by atoms with Crippen molar-refractivity contribution in [3.05, 3.63) is 120 Å². The van der Waals surface area contributed by atoms with E-state index >= 15 is 0 Å². The first kappa shape index (κ1) is 32.4. The van der Waals surface area contributed by atoms with Crippen LogP contribution in [0, 0.1) is 6.92 Å². The van der Waals surface area contributed by atoms with Crippen LogP contribution in [0.2, 0.25) is 0 Å². The number of benzene rings is 3. The van der Waals surface area contributed by atoms with Gasteiger partial charge in [0, 0.05) is 24.3 Å². The first-order valence-electron chi connectivity index (χ1n) is 15.2. The smallest absolute Gasteiger partial charge is 0.407 e. The van der Waals surface area contributed by atoms with Crippen LogP contribution < -0.4 is 16.0 Å². The largest absolute Gasteiger partial charge is 0.444 e. The lowest BCUT2D eigenvalue weighted by Crippen LogP contribution is -2.46. The lowest BCUT2D eigenvalue weighted by Gasteiger charge is -2.26. The van der Waals surface area contributed by atoms with Gasteiger partial charge in [-0.05, 0) is 64.2 Å². The summed E-state index contributed by atoms with van der Waals surface area (Å²) in [5, 5.41) is 9.53. The molecule has 1 unspecified atom stereocenters. The zero-order valence-corrected chi connectivity index (χ0v) is 26.0. The molecule has 0 aliphatic carbocycles. The zero-order chi connectivity index (χ0) is 31.4. The average molecular weight is 594 g/mol. The Morgan fingerprint density at radius 1 is 0.818 bits per heavy atom. The van der Waals surface area contributed by atoms with E-state index in [1.807, 2.05) is 125 Å². The third-order valence-electron chi connectivity index (χ3n) is 6.91. The predicted molar refractivity (Wildman–Crippen MR) is 174 cm³/mol. The fraction of sp³-hybridized carbons (Fsp3) is 0.333. The summed E-state index contributed by atoms with van der Waals surface area (Å²) in [4.78, 5) is 35.6. The summed E-state index contributed by atoms with van der Waals surface area (Å²) in [6.45, 7) is 8.34. The Balaban J connectivity index is 1.55. The summed E-state index contributed by atoms with van der Waals surface area (Å²) in [6, 6.07) is 30.9. The molecule has 1 aromatic heterocycles. The van der Waals surface area contributed by atoms with Crippen molar-refractivity contribution < 1.29 is 14.3 Å².